The number of aliphatic hydroxyl groups is 1. The fourth-order valence-electron chi connectivity index (χ4n) is 1.54. The predicted molar refractivity (Wildman–Crippen MR) is 61.3 cm³/mol. The lowest BCUT2D eigenvalue weighted by molar-refractivity contribution is -0.386. The van der Waals surface area contributed by atoms with Crippen LogP contribution in [0, 0.1) is 5.21 Å². The van der Waals surface area contributed by atoms with Gasteiger partial charge in [0.2, 0.25) is 5.71 Å². The van der Waals surface area contributed by atoms with Gasteiger partial charge in [-0.05, 0) is 17.7 Å². The van der Waals surface area contributed by atoms with Crippen molar-refractivity contribution in [3.63, 3.8) is 0 Å². The molecule has 1 aliphatic rings. The van der Waals surface area contributed by atoms with Crippen molar-refractivity contribution in [3.8, 4) is 5.75 Å². The number of ether oxygens (including phenoxy) is 1. The van der Waals surface area contributed by atoms with Crippen molar-refractivity contribution in [2.24, 2.45) is 0 Å². The molecule has 4 heteroatoms. The van der Waals surface area contributed by atoms with E-state index in [-0.39, 0.29) is 6.61 Å². The molecule has 0 aromatic heterocycles. The molecule has 0 saturated carbocycles. The first-order valence-corrected chi connectivity index (χ1v) is 5.08. The molecule has 1 N–H and O–H groups in total. The maximum absolute atomic E-state index is 11.0. The molecule has 0 amide bonds. The van der Waals surface area contributed by atoms with Gasteiger partial charge in [0.05, 0.1) is 6.61 Å². The molecule has 0 saturated heterocycles. The van der Waals surface area contributed by atoms with E-state index < -0.39 is 0 Å². The first-order valence-electron chi connectivity index (χ1n) is 5.08. The van der Waals surface area contributed by atoms with E-state index in [1.54, 1.807) is 13.1 Å². The Morgan fingerprint density at radius 1 is 1.31 bits per heavy atom. The number of nitrogens with zero attached hydrogens (tertiary/aromatic N) is 1. The van der Waals surface area contributed by atoms with E-state index in [1.807, 2.05) is 24.3 Å². The highest BCUT2D eigenvalue weighted by atomic mass is 16.5. The fraction of sp³-hybridized carbons (Fsp3) is 0.250. The molecule has 0 atom stereocenters. The standard InChI is InChI=1S/C12H13NO3/c1-9-12(8-13(9)15)10-2-4-11(5-3-10)16-7-6-14/h2-5,8,14H,6-7H2,1H3. The van der Waals surface area contributed by atoms with Gasteiger partial charge in [0.15, 0.2) is 6.20 Å². The number of aliphatic hydroxyl groups excluding tert-OH is 1. The van der Waals surface area contributed by atoms with Crippen LogP contribution in [-0.4, -0.2) is 28.8 Å². The summed E-state index contributed by atoms with van der Waals surface area (Å²) in [6.45, 7) is 2.09. The largest absolute Gasteiger partial charge is 0.618 e. The number of allylic oxidation sites excluding steroid dienone is 1. The molecule has 4 nitrogen and oxygen atoms in total. The zero-order chi connectivity index (χ0) is 11.5. The molecule has 2 rings (SSSR count). The zero-order valence-corrected chi connectivity index (χ0v) is 9.01. The quantitative estimate of drug-likeness (QED) is 0.615. The van der Waals surface area contributed by atoms with E-state index in [9.17, 15) is 5.21 Å². The molecular weight excluding hydrogens is 206 g/mol. The van der Waals surface area contributed by atoms with Crippen LogP contribution in [0.5, 0.6) is 5.75 Å². The monoisotopic (exact) mass is 219 g/mol. The minimum Gasteiger partial charge on any atom is -0.618 e. The SMILES string of the molecule is CC1=[N+]([O-])C=C1c1ccc(OCCO)cc1. The third kappa shape index (κ3) is 1.92. The summed E-state index contributed by atoms with van der Waals surface area (Å²) in [6.07, 6.45) is 1.55. The summed E-state index contributed by atoms with van der Waals surface area (Å²) in [4.78, 5) is 0. The van der Waals surface area contributed by atoms with Crippen molar-refractivity contribution in [2.45, 2.75) is 6.92 Å². The molecule has 0 spiro atoms. The maximum atomic E-state index is 11.0. The predicted octanol–water partition coefficient (Wildman–Crippen LogP) is 1.38. The molecule has 0 radical (unpaired) electrons. The van der Waals surface area contributed by atoms with Crippen LogP contribution in [0.2, 0.25) is 0 Å². The molecule has 16 heavy (non-hydrogen) atoms. The van der Waals surface area contributed by atoms with Crippen LogP contribution in [0.4, 0.5) is 0 Å². The van der Waals surface area contributed by atoms with Crippen LogP contribution < -0.4 is 4.74 Å². The Kier molecular flexibility index (Phi) is 2.92. The highest BCUT2D eigenvalue weighted by molar-refractivity contribution is 6.22. The Labute approximate surface area is 93.7 Å². The smallest absolute Gasteiger partial charge is 0.203 e. The molecular formula is C12H13NO3. The number of hydrogen-bond donors (Lipinski definition) is 1. The van der Waals surface area contributed by atoms with E-state index in [0.717, 1.165) is 21.6 Å². The van der Waals surface area contributed by atoms with Gasteiger partial charge in [-0.1, -0.05) is 12.1 Å². The summed E-state index contributed by atoms with van der Waals surface area (Å²) in [5, 5.41) is 19.6. The molecule has 1 aromatic rings. The van der Waals surface area contributed by atoms with Crippen LogP contribution >= 0.6 is 0 Å². The van der Waals surface area contributed by atoms with Crippen LogP contribution in [0.3, 0.4) is 0 Å². The summed E-state index contributed by atoms with van der Waals surface area (Å²) in [5.41, 5.74) is 2.69. The van der Waals surface area contributed by atoms with Crippen molar-refractivity contribution >= 4 is 11.3 Å². The second-order valence-corrected chi connectivity index (χ2v) is 3.55. The third-order valence-corrected chi connectivity index (χ3v) is 2.49. The average molecular weight is 219 g/mol. The van der Waals surface area contributed by atoms with E-state index in [0.29, 0.717) is 12.4 Å². The Balaban J connectivity index is 2.06. The maximum Gasteiger partial charge on any atom is 0.203 e. The second-order valence-electron chi connectivity index (χ2n) is 3.55. The Morgan fingerprint density at radius 3 is 2.50 bits per heavy atom. The van der Waals surface area contributed by atoms with E-state index in [1.165, 1.54) is 0 Å². The van der Waals surface area contributed by atoms with Gasteiger partial charge in [-0.2, -0.15) is 4.74 Å². The summed E-state index contributed by atoms with van der Waals surface area (Å²) in [6, 6.07) is 7.45. The van der Waals surface area contributed by atoms with E-state index in [2.05, 4.69) is 0 Å². The molecule has 84 valence electrons. The molecule has 1 heterocycles. The molecule has 0 bridgehead atoms. The lowest BCUT2D eigenvalue weighted by atomic mass is 10.00. The van der Waals surface area contributed by atoms with Crippen molar-refractivity contribution in [2.75, 3.05) is 13.2 Å². The van der Waals surface area contributed by atoms with Gasteiger partial charge in [0, 0.05) is 6.92 Å². The number of hydrogen-bond acceptors (Lipinski definition) is 3. The topological polar surface area (TPSA) is 55.5 Å². The minimum absolute atomic E-state index is 0.00489. The Morgan fingerprint density at radius 2 is 2.00 bits per heavy atom. The van der Waals surface area contributed by atoms with Crippen LogP contribution in [0.25, 0.3) is 5.57 Å². The lowest BCUT2D eigenvalue weighted by Crippen LogP contribution is -2.19. The van der Waals surface area contributed by atoms with Gasteiger partial charge >= 0.3 is 0 Å². The second kappa shape index (κ2) is 4.37. The van der Waals surface area contributed by atoms with Crippen LogP contribution in [0.15, 0.2) is 30.5 Å². The molecule has 1 aromatic carbocycles. The van der Waals surface area contributed by atoms with Gasteiger partial charge in [-0.3, -0.25) is 0 Å². The minimum atomic E-state index is 0.00489. The normalized spacial score (nSPS) is 14.5. The lowest BCUT2D eigenvalue weighted by Gasteiger charge is -2.15. The van der Waals surface area contributed by atoms with Crippen molar-refractivity contribution in [1.29, 1.82) is 0 Å². The highest BCUT2D eigenvalue weighted by Crippen LogP contribution is 2.24. The van der Waals surface area contributed by atoms with Crippen molar-refractivity contribution in [1.82, 2.24) is 0 Å². The number of hydroxylamine groups is 1. The zero-order valence-electron chi connectivity index (χ0n) is 9.01. The Bertz CT molecular complexity index is 446. The highest BCUT2D eigenvalue weighted by Gasteiger charge is 2.22. The van der Waals surface area contributed by atoms with Gasteiger partial charge in [0.25, 0.3) is 0 Å². The average Bonchev–Trinajstić information content (AvgIpc) is 2.34. The molecule has 0 fully saturated rings. The first-order chi connectivity index (χ1) is 7.72. The van der Waals surface area contributed by atoms with Gasteiger partial charge in [0.1, 0.15) is 17.9 Å². The van der Waals surface area contributed by atoms with Gasteiger partial charge in [-0.15, -0.1) is 0 Å². The first kappa shape index (κ1) is 10.7. The summed E-state index contributed by atoms with van der Waals surface area (Å²) >= 11 is 0. The number of benzene rings is 1. The summed E-state index contributed by atoms with van der Waals surface area (Å²) in [7, 11) is 0. The van der Waals surface area contributed by atoms with Gasteiger partial charge in [-0.25, -0.2) is 0 Å². The third-order valence-electron chi connectivity index (χ3n) is 2.49. The summed E-state index contributed by atoms with van der Waals surface area (Å²) in [5.74, 6) is 0.717. The fourth-order valence-corrected chi connectivity index (χ4v) is 1.54. The molecule has 0 aliphatic carbocycles. The van der Waals surface area contributed by atoms with Crippen LogP contribution in [-0.2, 0) is 0 Å². The number of rotatable bonds is 4. The van der Waals surface area contributed by atoms with E-state index >= 15 is 0 Å². The van der Waals surface area contributed by atoms with Crippen molar-refractivity contribution in [3.05, 3.63) is 41.2 Å². The Hall–Kier alpha value is -1.81. The summed E-state index contributed by atoms with van der Waals surface area (Å²) < 4.78 is 6.09. The van der Waals surface area contributed by atoms with Crippen LogP contribution in [0.1, 0.15) is 12.5 Å². The molecule has 1 aliphatic heterocycles. The molecule has 0 unspecified atom stereocenters. The van der Waals surface area contributed by atoms with Crippen molar-refractivity contribution < 1.29 is 14.6 Å². The van der Waals surface area contributed by atoms with Gasteiger partial charge < -0.3 is 15.1 Å². The van der Waals surface area contributed by atoms with E-state index in [4.69, 9.17) is 9.84 Å².